The van der Waals surface area contributed by atoms with Gasteiger partial charge < -0.3 is 19.2 Å². The van der Waals surface area contributed by atoms with Crippen molar-refractivity contribution in [2.24, 2.45) is 5.92 Å². The van der Waals surface area contributed by atoms with E-state index < -0.39 is 12.1 Å². The SMILES string of the molecule is COC(=O)c1coc(C(=O)N2CCC([C@H](O)c3ccccc3)CC2)c1. The van der Waals surface area contributed by atoms with E-state index in [0.29, 0.717) is 25.9 Å². The average molecular weight is 343 g/mol. The molecule has 1 amide bonds. The van der Waals surface area contributed by atoms with Gasteiger partial charge in [-0.15, -0.1) is 0 Å². The maximum absolute atomic E-state index is 12.5. The lowest BCUT2D eigenvalue weighted by molar-refractivity contribution is 0.0442. The highest BCUT2D eigenvalue weighted by Crippen LogP contribution is 2.31. The third-order valence-electron chi connectivity index (χ3n) is 4.65. The summed E-state index contributed by atoms with van der Waals surface area (Å²) in [4.78, 5) is 25.6. The zero-order valence-electron chi connectivity index (χ0n) is 14.1. The molecule has 1 aliphatic heterocycles. The first kappa shape index (κ1) is 17.2. The fourth-order valence-corrected chi connectivity index (χ4v) is 3.17. The fourth-order valence-electron chi connectivity index (χ4n) is 3.17. The summed E-state index contributed by atoms with van der Waals surface area (Å²) in [5, 5.41) is 10.5. The van der Waals surface area contributed by atoms with Crippen molar-refractivity contribution in [2.75, 3.05) is 20.2 Å². The molecule has 0 unspecified atom stereocenters. The second-order valence-corrected chi connectivity index (χ2v) is 6.18. The maximum Gasteiger partial charge on any atom is 0.341 e. The number of ether oxygens (including phenoxy) is 1. The van der Waals surface area contributed by atoms with Crippen LogP contribution in [0.1, 0.15) is 45.4 Å². The fraction of sp³-hybridized carbons (Fsp3) is 0.368. The van der Waals surface area contributed by atoms with E-state index in [1.165, 1.54) is 19.4 Å². The topological polar surface area (TPSA) is 80.0 Å². The van der Waals surface area contributed by atoms with Gasteiger partial charge in [0.25, 0.3) is 5.91 Å². The Morgan fingerprint density at radius 2 is 1.92 bits per heavy atom. The lowest BCUT2D eigenvalue weighted by atomic mass is 9.87. The van der Waals surface area contributed by atoms with Crippen LogP contribution in [0.4, 0.5) is 0 Å². The van der Waals surface area contributed by atoms with Crippen molar-refractivity contribution in [3.05, 3.63) is 59.5 Å². The van der Waals surface area contributed by atoms with E-state index in [-0.39, 0.29) is 23.1 Å². The quantitative estimate of drug-likeness (QED) is 0.863. The number of amides is 1. The number of nitrogens with zero attached hydrogens (tertiary/aromatic N) is 1. The number of esters is 1. The van der Waals surface area contributed by atoms with Crippen molar-refractivity contribution in [2.45, 2.75) is 18.9 Å². The molecule has 2 heterocycles. The smallest absolute Gasteiger partial charge is 0.341 e. The minimum absolute atomic E-state index is 0.119. The Hall–Kier alpha value is -2.60. The van der Waals surface area contributed by atoms with Gasteiger partial charge in [-0.25, -0.2) is 4.79 Å². The lowest BCUT2D eigenvalue weighted by Crippen LogP contribution is -2.39. The molecule has 1 aromatic carbocycles. The first-order valence-electron chi connectivity index (χ1n) is 8.29. The number of hydrogen-bond donors (Lipinski definition) is 1. The highest BCUT2D eigenvalue weighted by Gasteiger charge is 2.30. The number of rotatable bonds is 4. The van der Waals surface area contributed by atoms with Gasteiger partial charge in [0.1, 0.15) is 6.26 Å². The Labute approximate surface area is 146 Å². The van der Waals surface area contributed by atoms with Crippen LogP contribution in [-0.2, 0) is 4.74 Å². The highest BCUT2D eigenvalue weighted by atomic mass is 16.5. The molecule has 25 heavy (non-hydrogen) atoms. The average Bonchev–Trinajstić information content (AvgIpc) is 3.17. The molecule has 0 saturated carbocycles. The molecule has 1 saturated heterocycles. The first-order chi connectivity index (χ1) is 12.1. The normalized spacial score (nSPS) is 16.5. The number of methoxy groups -OCH3 is 1. The van der Waals surface area contributed by atoms with Gasteiger partial charge in [-0.1, -0.05) is 30.3 Å². The number of furan rings is 1. The molecule has 6 nitrogen and oxygen atoms in total. The van der Waals surface area contributed by atoms with E-state index in [4.69, 9.17) is 4.42 Å². The number of hydrogen-bond acceptors (Lipinski definition) is 5. The number of aliphatic hydroxyl groups is 1. The number of carbonyl (C=O) groups is 2. The van der Waals surface area contributed by atoms with Crippen molar-refractivity contribution >= 4 is 11.9 Å². The van der Waals surface area contributed by atoms with Gasteiger partial charge in [-0.05, 0) is 24.3 Å². The minimum Gasteiger partial charge on any atom is -0.465 e. The molecule has 0 radical (unpaired) electrons. The molecular weight excluding hydrogens is 322 g/mol. The Kier molecular flexibility index (Phi) is 5.19. The Balaban J connectivity index is 1.59. The van der Waals surface area contributed by atoms with Crippen molar-refractivity contribution in [1.82, 2.24) is 4.90 Å². The summed E-state index contributed by atoms with van der Waals surface area (Å²) >= 11 is 0. The van der Waals surface area contributed by atoms with Gasteiger partial charge in [-0.3, -0.25) is 4.79 Å². The van der Waals surface area contributed by atoms with E-state index in [1.54, 1.807) is 4.90 Å². The molecule has 1 aromatic heterocycles. The van der Waals surface area contributed by atoms with Crippen LogP contribution in [0.5, 0.6) is 0 Å². The summed E-state index contributed by atoms with van der Waals surface area (Å²) < 4.78 is 9.81. The minimum atomic E-state index is -0.535. The highest BCUT2D eigenvalue weighted by molar-refractivity contribution is 5.96. The molecular formula is C19H21NO5. The molecule has 0 aliphatic carbocycles. The van der Waals surface area contributed by atoms with Gasteiger partial charge in [0.2, 0.25) is 0 Å². The van der Waals surface area contributed by atoms with E-state index in [2.05, 4.69) is 4.74 Å². The standard InChI is InChI=1S/C19H21NO5/c1-24-19(23)15-11-16(25-12-15)18(22)20-9-7-14(8-10-20)17(21)13-5-3-2-4-6-13/h2-6,11-12,14,17,21H,7-10H2,1H3/t17-/m1/s1. The van der Waals surface area contributed by atoms with Crippen molar-refractivity contribution in [3.63, 3.8) is 0 Å². The molecule has 2 aromatic rings. The van der Waals surface area contributed by atoms with Crippen molar-refractivity contribution in [3.8, 4) is 0 Å². The summed E-state index contributed by atoms with van der Waals surface area (Å²) in [6.07, 6.45) is 2.14. The van der Waals surface area contributed by atoms with Crippen LogP contribution in [0.2, 0.25) is 0 Å². The number of benzene rings is 1. The molecule has 132 valence electrons. The van der Waals surface area contributed by atoms with Gasteiger partial charge in [0, 0.05) is 19.2 Å². The summed E-state index contributed by atoms with van der Waals surface area (Å²) in [5.74, 6) is -0.536. The third kappa shape index (κ3) is 3.74. The Bertz CT molecular complexity index is 731. The van der Waals surface area contributed by atoms with Crippen LogP contribution in [-0.4, -0.2) is 42.1 Å². The van der Waals surface area contributed by atoms with Crippen LogP contribution in [0.3, 0.4) is 0 Å². The zero-order valence-corrected chi connectivity index (χ0v) is 14.1. The Morgan fingerprint density at radius 1 is 1.24 bits per heavy atom. The number of carbonyl (C=O) groups excluding carboxylic acids is 2. The molecule has 1 N–H and O–H groups in total. The Morgan fingerprint density at radius 3 is 2.56 bits per heavy atom. The maximum atomic E-state index is 12.5. The van der Waals surface area contributed by atoms with Gasteiger partial charge >= 0.3 is 5.97 Å². The van der Waals surface area contributed by atoms with Crippen LogP contribution in [0.25, 0.3) is 0 Å². The summed E-state index contributed by atoms with van der Waals surface area (Å²) in [6, 6.07) is 11.0. The third-order valence-corrected chi connectivity index (χ3v) is 4.65. The molecule has 3 rings (SSSR count). The lowest BCUT2D eigenvalue weighted by Gasteiger charge is -2.34. The zero-order chi connectivity index (χ0) is 17.8. The predicted octanol–water partition coefficient (Wildman–Crippen LogP) is 2.65. The number of piperidine rings is 1. The van der Waals surface area contributed by atoms with Crippen LogP contribution >= 0.6 is 0 Å². The first-order valence-corrected chi connectivity index (χ1v) is 8.29. The molecule has 1 atom stereocenters. The molecule has 1 fully saturated rings. The van der Waals surface area contributed by atoms with Crippen molar-refractivity contribution in [1.29, 1.82) is 0 Å². The number of aliphatic hydroxyl groups excluding tert-OH is 1. The monoisotopic (exact) mass is 343 g/mol. The summed E-state index contributed by atoms with van der Waals surface area (Å²) in [7, 11) is 1.28. The summed E-state index contributed by atoms with van der Waals surface area (Å²) in [6.45, 7) is 1.09. The molecule has 1 aliphatic rings. The second-order valence-electron chi connectivity index (χ2n) is 6.18. The van der Waals surface area contributed by atoms with E-state index >= 15 is 0 Å². The molecule has 0 spiro atoms. The van der Waals surface area contributed by atoms with Gasteiger partial charge in [-0.2, -0.15) is 0 Å². The van der Waals surface area contributed by atoms with Gasteiger partial charge in [0.15, 0.2) is 5.76 Å². The van der Waals surface area contributed by atoms with Crippen molar-refractivity contribution < 1.29 is 23.8 Å². The number of likely N-dealkylation sites (tertiary alicyclic amines) is 1. The predicted molar refractivity (Wildman–Crippen MR) is 90.1 cm³/mol. The van der Waals surface area contributed by atoms with E-state index in [0.717, 1.165) is 5.56 Å². The summed E-state index contributed by atoms with van der Waals surface area (Å²) in [5.41, 5.74) is 1.13. The van der Waals surface area contributed by atoms with E-state index in [1.807, 2.05) is 30.3 Å². The van der Waals surface area contributed by atoms with E-state index in [9.17, 15) is 14.7 Å². The van der Waals surface area contributed by atoms with Gasteiger partial charge in [0.05, 0.1) is 18.8 Å². The largest absolute Gasteiger partial charge is 0.465 e. The van der Waals surface area contributed by atoms with Crippen LogP contribution in [0.15, 0.2) is 47.1 Å². The van der Waals surface area contributed by atoms with Crippen LogP contribution < -0.4 is 0 Å². The molecule has 6 heteroatoms. The van der Waals surface area contributed by atoms with Crippen LogP contribution in [0, 0.1) is 5.92 Å². The second kappa shape index (κ2) is 7.53. The molecule has 0 bridgehead atoms.